The van der Waals surface area contributed by atoms with E-state index in [1.165, 1.54) is 37.7 Å². The van der Waals surface area contributed by atoms with E-state index in [1.54, 1.807) is 0 Å². The number of halogens is 1. The summed E-state index contributed by atoms with van der Waals surface area (Å²) in [4.78, 5) is 2.28. The van der Waals surface area contributed by atoms with Crippen LogP contribution in [0.5, 0.6) is 0 Å². The normalized spacial score (nSPS) is 20.4. The van der Waals surface area contributed by atoms with Gasteiger partial charge in [-0.3, -0.25) is 0 Å². The summed E-state index contributed by atoms with van der Waals surface area (Å²) in [6.07, 6.45) is 6.30. The van der Waals surface area contributed by atoms with Gasteiger partial charge in [-0.2, -0.15) is 0 Å². The highest BCUT2D eigenvalue weighted by Gasteiger charge is 2.41. The fourth-order valence-corrected chi connectivity index (χ4v) is 4.00. The molecule has 1 aromatic carbocycles. The van der Waals surface area contributed by atoms with Gasteiger partial charge in [-0.15, -0.1) is 0 Å². The molecule has 1 aliphatic rings. The SMILES string of the molecule is CN(C)CC(c1ccccc1)C1(OI)CCCCC1. The summed E-state index contributed by atoms with van der Waals surface area (Å²) in [5.41, 5.74) is 1.43. The van der Waals surface area contributed by atoms with Gasteiger partial charge in [0.25, 0.3) is 0 Å². The molecular weight excluding hydrogens is 349 g/mol. The summed E-state index contributed by atoms with van der Waals surface area (Å²) in [5, 5.41) is 0. The Morgan fingerprint density at radius 1 is 1.16 bits per heavy atom. The second kappa shape index (κ2) is 7.04. The van der Waals surface area contributed by atoms with E-state index >= 15 is 0 Å². The molecule has 2 nitrogen and oxygen atoms in total. The molecule has 1 saturated carbocycles. The minimum absolute atomic E-state index is 0.0183. The number of hydrogen-bond donors (Lipinski definition) is 0. The van der Waals surface area contributed by atoms with Crippen molar-refractivity contribution in [2.45, 2.75) is 43.6 Å². The fraction of sp³-hybridized carbons (Fsp3) is 0.625. The lowest BCUT2D eigenvalue weighted by molar-refractivity contribution is 0.0358. The maximum Gasteiger partial charge on any atom is 0.110 e. The van der Waals surface area contributed by atoms with Crippen LogP contribution in [0.1, 0.15) is 43.6 Å². The Labute approximate surface area is 131 Å². The molecule has 1 aromatic rings. The fourth-order valence-electron chi connectivity index (χ4n) is 3.26. The third-order valence-corrected chi connectivity index (χ3v) is 5.12. The first-order chi connectivity index (χ1) is 9.18. The predicted molar refractivity (Wildman–Crippen MR) is 88.7 cm³/mol. The highest BCUT2D eigenvalue weighted by Crippen LogP contribution is 2.44. The Morgan fingerprint density at radius 3 is 2.32 bits per heavy atom. The quantitative estimate of drug-likeness (QED) is 0.710. The number of likely N-dealkylation sites (N-methyl/N-ethyl adjacent to an activating group) is 1. The third kappa shape index (κ3) is 3.70. The zero-order chi connectivity index (χ0) is 13.7. The van der Waals surface area contributed by atoms with Crippen LogP contribution < -0.4 is 0 Å². The van der Waals surface area contributed by atoms with Crippen molar-refractivity contribution < 1.29 is 3.07 Å². The summed E-state index contributed by atoms with van der Waals surface area (Å²) < 4.78 is 6.04. The number of hydrogen-bond acceptors (Lipinski definition) is 2. The summed E-state index contributed by atoms with van der Waals surface area (Å²) >= 11 is 2.13. The van der Waals surface area contributed by atoms with E-state index in [-0.39, 0.29) is 5.60 Å². The molecule has 0 saturated heterocycles. The van der Waals surface area contributed by atoms with E-state index in [1.807, 2.05) is 0 Å². The molecule has 1 atom stereocenters. The molecule has 3 heteroatoms. The van der Waals surface area contributed by atoms with Gasteiger partial charge in [0, 0.05) is 12.5 Å². The lowest BCUT2D eigenvalue weighted by Crippen LogP contribution is -2.43. The highest BCUT2D eigenvalue weighted by molar-refractivity contribution is 14.1. The Balaban J connectivity index is 2.30. The Morgan fingerprint density at radius 2 is 1.79 bits per heavy atom. The monoisotopic (exact) mass is 373 g/mol. The maximum absolute atomic E-state index is 6.04. The average Bonchev–Trinajstić information content (AvgIpc) is 2.46. The zero-order valence-electron chi connectivity index (χ0n) is 11.9. The minimum atomic E-state index is 0.0183. The Hall–Kier alpha value is -0.130. The largest absolute Gasteiger partial charge is 0.309 e. The van der Waals surface area contributed by atoms with E-state index < -0.39 is 0 Å². The molecule has 0 bridgehead atoms. The molecule has 1 fully saturated rings. The van der Waals surface area contributed by atoms with Gasteiger partial charge in [0.05, 0.1) is 5.60 Å². The van der Waals surface area contributed by atoms with Crippen molar-refractivity contribution >= 4 is 23.0 Å². The summed E-state index contributed by atoms with van der Waals surface area (Å²) in [7, 11) is 4.30. The molecular formula is C16H24INO. The van der Waals surface area contributed by atoms with Gasteiger partial charge in [0.15, 0.2) is 0 Å². The summed E-state index contributed by atoms with van der Waals surface area (Å²) in [6, 6.07) is 10.9. The van der Waals surface area contributed by atoms with E-state index in [0.717, 1.165) is 6.54 Å². The third-order valence-electron chi connectivity index (χ3n) is 4.24. The molecule has 19 heavy (non-hydrogen) atoms. The first-order valence-corrected chi connectivity index (χ1v) is 8.05. The second-order valence-electron chi connectivity index (χ2n) is 5.93. The standard InChI is InChI=1S/C16H24INO/c1-18(2)13-15(14-9-5-3-6-10-14)16(19-17)11-7-4-8-12-16/h3,5-6,9-10,15H,4,7-8,11-13H2,1-2H3. The summed E-state index contributed by atoms with van der Waals surface area (Å²) in [6.45, 7) is 1.05. The molecule has 0 aliphatic heterocycles. The van der Waals surface area contributed by atoms with Crippen molar-refractivity contribution in [2.24, 2.45) is 0 Å². The molecule has 0 spiro atoms. The smallest absolute Gasteiger partial charge is 0.110 e. The number of rotatable bonds is 5. The molecule has 1 aliphatic carbocycles. The van der Waals surface area contributed by atoms with Crippen LogP contribution in [0.4, 0.5) is 0 Å². The average molecular weight is 373 g/mol. The van der Waals surface area contributed by atoms with E-state index in [0.29, 0.717) is 5.92 Å². The van der Waals surface area contributed by atoms with Crippen LogP contribution in [0.25, 0.3) is 0 Å². The summed E-state index contributed by atoms with van der Waals surface area (Å²) in [5.74, 6) is 0.459. The van der Waals surface area contributed by atoms with Crippen LogP contribution >= 0.6 is 23.0 Å². The van der Waals surface area contributed by atoms with Crippen molar-refractivity contribution in [3.63, 3.8) is 0 Å². The number of nitrogens with zero attached hydrogens (tertiary/aromatic N) is 1. The first kappa shape index (κ1) is 15.3. The Kier molecular flexibility index (Phi) is 5.66. The lowest BCUT2D eigenvalue weighted by Gasteiger charge is -2.42. The molecule has 0 radical (unpaired) electrons. The van der Waals surface area contributed by atoms with Crippen molar-refractivity contribution in [3.05, 3.63) is 35.9 Å². The minimum Gasteiger partial charge on any atom is -0.309 e. The van der Waals surface area contributed by atoms with Gasteiger partial charge in [0.1, 0.15) is 23.0 Å². The molecule has 1 unspecified atom stereocenters. The van der Waals surface area contributed by atoms with E-state index in [9.17, 15) is 0 Å². The molecule has 0 amide bonds. The molecule has 0 aromatic heterocycles. The Bertz CT molecular complexity index is 374. The van der Waals surface area contributed by atoms with E-state index in [4.69, 9.17) is 3.07 Å². The molecule has 0 N–H and O–H groups in total. The van der Waals surface area contributed by atoms with Crippen molar-refractivity contribution in [1.29, 1.82) is 0 Å². The molecule has 0 heterocycles. The molecule has 106 valence electrons. The van der Waals surface area contributed by atoms with Gasteiger partial charge in [-0.25, -0.2) is 0 Å². The van der Waals surface area contributed by atoms with Gasteiger partial charge >= 0.3 is 0 Å². The molecule has 2 rings (SSSR count). The van der Waals surface area contributed by atoms with Crippen molar-refractivity contribution in [1.82, 2.24) is 4.90 Å². The zero-order valence-corrected chi connectivity index (χ0v) is 14.1. The van der Waals surface area contributed by atoms with E-state index in [2.05, 4.69) is 72.3 Å². The van der Waals surface area contributed by atoms with Crippen LogP contribution in [-0.4, -0.2) is 31.1 Å². The van der Waals surface area contributed by atoms with Crippen molar-refractivity contribution in [2.75, 3.05) is 20.6 Å². The van der Waals surface area contributed by atoms with Gasteiger partial charge in [0.2, 0.25) is 0 Å². The first-order valence-electron chi connectivity index (χ1n) is 7.17. The topological polar surface area (TPSA) is 12.5 Å². The van der Waals surface area contributed by atoms with Crippen LogP contribution in [0.15, 0.2) is 30.3 Å². The van der Waals surface area contributed by atoms with Gasteiger partial charge < -0.3 is 7.97 Å². The van der Waals surface area contributed by atoms with Gasteiger partial charge in [-0.1, -0.05) is 49.6 Å². The van der Waals surface area contributed by atoms with Crippen LogP contribution in [0.3, 0.4) is 0 Å². The van der Waals surface area contributed by atoms with Crippen LogP contribution in [0.2, 0.25) is 0 Å². The van der Waals surface area contributed by atoms with Crippen LogP contribution in [0, 0.1) is 0 Å². The highest BCUT2D eigenvalue weighted by atomic mass is 127. The number of benzene rings is 1. The van der Waals surface area contributed by atoms with Crippen LogP contribution in [-0.2, 0) is 3.07 Å². The van der Waals surface area contributed by atoms with Gasteiger partial charge in [-0.05, 0) is 32.5 Å². The maximum atomic E-state index is 6.04. The van der Waals surface area contributed by atoms with Crippen molar-refractivity contribution in [3.8, 4) is 0 Å². The predicted octanol–water partition coefficient (Wildman–Crippen LogP) is 4.40. The second-order valence-corrected chi connectivity index (χ2v) is 6.37. The lowest BCUT2D eigenvalue weighted by atomic mass is 9.72.